The van der Waals surface area contributed by atoms with Gasteiger partial charge in [0.1, 0.15) is 5.76 Å². The van der Waals surface area contributed by atoms with Crippen molar-refractivity contribution < 1.29 is 22.4 Å². The van der Waals surface area contributed by atoms with Crippen molar-refractivity contribution in [3.63, 3.8) is 0 Å². The molecule has 1 heterocycles. The van der Waals surface area contributed by atoms with Gasteiger partial charge in [-0.2, -0.15) is 13.2 Å². The Hall–Kier alpha value is -2.50. The smallest absolute Gasteiger partial charge is 0.417 e. The van der Waals surface area contributed by atoms with E-state index in [1.165, 1.54) is 24.3 Å². The number of hydrogen-bond acceptors (Lipinski definition) is 2. The van der Waals surface area contributed by atoms with Crippen LogP contribution in [0.4, 0.5) is 13.2 Å². The number of hydrogen-bond donors (Lipinski definition) is 1. The standard InChI is InChI=1S/C18H18F3NO2/c1-13(9-10-15-8-5-11-24-15)22-17(23)12-16(18(19,20)21)14-6-3-2-4-7-14/h2-8,11-13H,9-10H2,1H3,(H,22,23)/b16-12-. The zero-order valence-electron chi connectivity index (χ0n) is 13.1. The number of benzene rings is 1. The summed E-state index contributed by atoms with van der Waals surface area (Å²) in [6.45, 7) is 1.74. The molecule has 0 saturated heterocycles. The van der Waals surface area contributed by atoms with Gasteiger partial charge in [0.05, 0.1) is 11.8 Å². The van der Waals surface area contributed by atoms with Crippen molar-refractivity contribution in [1.29, 1.82) is 0 Å². The third-order valence-electron chi connectivity index (χ3n) is 3.46. The number of alkyl halides is 3. The fourth-order valence-electron chi connectivity index (χ4n) is 2.25. The van der Waals surface area contributed by atoms with Gasteiger partial charge in [-0.05, 0) is 31.0 Å². The lowest BCUT2D eigenvalue weighted by molar-refractivity contribution is -0.117. The fraction of sp³-hybridized carbons (Fsp3) is 0.278. The van der Waals surface area contributed by atoms with Gasteiger partial charge >= 0.3 is 6.18 Å². The molecule has 1 aromatic heterocycles. The van der Waals surface area contributed by atoms with Gasteiger partial charge in [-0.15, -0.1) is 0 Å². The summed E-state index contributed by atoms with van der Waals surface area (Å²) in [7, 11) is 0. The van der Waals surface area contributed by atoms with Gasteiger partial charge in [0.2, 0.25) is 5.91 Å². The van der Waals surface area contributed by atoms with Crippen molar-refractivity contribution in [2.45, 2.75) is 32.0 Å². The van der Waals surface area contributed by atoms with Crippen LogP contribution in [0.2, 0.25) is 0 Å². The zero-order valence-corrected chi connectivity index (χ0v) is 13.1. The van der Waals surface area contributed by atoms with Gasteiger partial charge in [-0.25, -0.2) is 0 Å². The minimum atomic E-state index is -4.60. The Labute approximate surface area is 138 Å². The third kappa shape index (κ3) is 5.30. The van der Waals surface area contributed by atoms with E-state index in [2.05, 4.69) is 5.32 Å². The number of carbonyl (C=O) groups excluding carboxylic acids is 1. The Balaban J connectivity index is 2.02. The maximum atomic E-state index is 13.2. The molecule has 0 spiro atoms. The van der Waals surface area contributed by atoms with Crippen molar-refractivity contribution in [1.82, 2.24) is 5.32 Å². The second-order valence-corrected chi connectivity index (χ2v) is 5.45. The average molecular weight is 337 g/mol. The second kappa shape index (κ2) is 7.86. The Bertz CT molecular complexity index is 676. The predicted octanol–water partition coefficient (Wildman–Crippen LogP) is 4.36. The van der Waals surface area contributed by atoms with E-state index in [4.69, 9.17) is 4.42 Å². The predicted molar refractivity (Wildman–Crippen MR) is 85.1 cm³/mol. The summed E-state index contributed by atoms with van der Waals surface area (Å²) < 4.78 is 44.7. The molecule has 2 aromatic rings. The summed E-state index contributed by atoms with van der Waals surface area (Å²) >= 11 is 0. The number of allylic oxidation sites excluding steroid dienone is 1. The van der Waals surface area contributed by atoms with E-state index in [-0.39, 0.29) is 11.6 Å². The van der Waals surface area contributed by atoms with E-state index in [9.17, 15) is 18.0 Å². The van der Waals surface area contributed by atoms with Crippen molar-refractivity contribution in [3.05, 3.63) is 66.1 Å². The molecule has 0 bridgehead atoms. The highest BCUT2D eigenvalue weighted by Crippen LogP contribution is 2.33. The van der Waals surface area contributed by atoms with Crippen molar-refractivity contribution in [2.24, 2.45) is 0 Å². The van der Waals surface area contributed by atoms with Crippen LogP contribution >= 0.6 is 0 Å². The summed E-state index contributed by atoms with van der Waals surface area (Å²) in [6, 6.07) is 10.6. The molecule has 6 heteroatoms. The van der Waals surface area contributed by atoms with Crippen LogP contribution in [-0.2, 0) is 11.2 Å². The number of nitrogens with one attached hydrogen (secondary N) is 1. The normalized spacial score (nSPS) is 13.6. The van der Waals surface area contributed by atoms with Gasteiger partial charge < -0.3 is 9.73 Å². The number of furan rings is 1. The van der Waals surface area contributed by atoms with Crippen LogP contribution in [0.3, 0.4) is 0 Å². The van der Waals surface area contributed by atoms with E-state index in [1.54, 1.807) is 25.3 Å². The first kappa shape index (κ1) is 17.8. The molecule has 128 valence electrons. The first-order valence-electron chi connectivity index (χ1n) is 7.53. The fourth-order valence-corrected chi connectivity index (χ4v) is 2.25. The summed E-state index contributed by atoms with van der Waals surface area (Å²) in [6.07, 6.45) is -1.27. The molecule has 3 nitrogen and oxygen atoms in total. The van der Waals surface area contributed by atoms with Crippen LogP contribution in [0, 0.1) is 0 Å². The Morgan fingerprint density at radius 3 is 2.50 bits per heavy atom. The average Bonchev–Trinajstić information content (AvgIpc) is 3.04. The van der Waals surface area contributed by atoms with Gasteiger partial charge in [-0.3, -0.25) is 4.79 Å². The van der Waals surface area contributed by atoms with E-state index in [0.717, 1.165) is 5.76 Å². The molecular weight excluding hydrogens is 319 g/mol. The van der Waals surface area contributed by atoms with Crippen molar-refractivity contribution in [3.8, 4) is 0 Å². The Kier molecular flexibility index (Phi) is 5.84. The quantitative estimate of drug-likeness (QED) is 0.796. The van der Waals surface area contributed by atoms with Gasteiger partial charge in [0, 0.05) is 18.5 Å². The van der Waals surface area contributed by atoms with Crippen LogP contribution in [0.1, 0.15) is 24.7 Å². The van der Waals surface area contributed by atoms with Gasteiger partial charge in [0.25, 0.3) is 0 Å². The van der Waals surface area contributed by atoms with E-state index in [1.807, 2.05) is 6.07 Å². The number of aryl methyl sites for hydroxylation is 1. The van der Waals surface area contributed by atoms with Crippen LogP contribution in [-0.4, -0.2) is 18.1 Å². The molecule has 1 atom stereocenters. The van der Waals surface area contributed by atoms with Gasteiger partial charge in [-0.1, -0.05) is 30.3 Å². The largest absolute Gasteiger partial charge is 0.469 e. The van der Waals surface area contributed by atoms with E-state index in [0.29, 0.717) is 18.9 Å². The molecule has 0 aliphatic carbocycles. The monoisotopic (exact) mass is 337 g/mol. The second-order valence-electron chi connectivity index (χ2n) is 5.45. The summed E-state index contributed by atoms with van der Waals surface area (Å²) in [4.78, 5) is 11.9. The van der Waals surface area contributed by atoms with Crippen LogP contribution < -0.4 is 5.32 Å². The number of rotatable bonds is 6. The summed E-state index contributed by atoms with van der Waals surface area (Å²) in [5, 5.41) is 2.56. The molecule has 2 rings (SSSR count). The van der Waals surface area contributed by atoms with Crippen LogP contribution in [0.15, 0.2) is 59.2 Å². The molecule has 24 heavy (non-hydrogen) atoms. The Morgan fingerprint density at radius 1 is 1.21 bits per heavy atom. The molecule has 0 aliphatic rings. The SMILES string of the molecule is CC(CCc1ccco1)NC(=O)/C=C(/c1ccccc1)C(F)(F)F. The maximum Gasteiger partial charge on any atom is 0.417 e. The lowest BCUT2D eigenvalue weighted by atomic mass is 10.0. The maximum absolute atomic E-state index is 13.2. The minimum absolute atomic E-state index is 0.0385. The summed E-state index contributed by atoms with van der Waals surface area (Å²) in [5.41, 5.74) is -0.998. The highest BCUT2D eigenvalue weighted by molar-refractivity contribution is 5.96. The lowest BCUT2D eigenvalue weighted by Crippen LogP contribution is -2.32. The van der Waals surface area contributed by atoms with Gasteiger partial charge in [0.15, 0.2) is 0 Å². The first-order chi connectivity index (χ1) is 11.4. The highest BCUT2D eigenvalue weighted by Gasteiger charge is 2.35. The molecule has 1 unspecified atom stereocenters. The molecule has 1 N–H and O–H groups in total. The first-order valence-corrected chi connectivity index (χ1v) is 7.53. The molecular formula is C18H18F3NO2. The van der Waals surface area contributed by atoms with E-state index < -0.39 is 17.7 Å². The molecule has 0 fully saturated rings. The molecule has 0 saturated carbocycles. The number of carbonyl (C=O) groups is 1. The minimum Gasteiger partial charge on any atom is -0.469 e. The molecule has 0 radical (unpaired) electrons. The molecule has 0 aliphatic heterocycles. The Morgan fingerprint density at radius 2 is 1.92 bits per heavy atom. The summed E-state index contributed by atoms with van der Waals surface area (Å²) in [5.74, 6) is 0.00466. The topological polar surface area (TPSA) is 42.2 Å². The highest BCUT2D eigenvalue weighted by atomic mass is 19.4. The third-order valence-corrected chi connectivity index (χ3v) is 3.46. The van der Waals surface area contributed by atoms with Crippen molar-refractivity contribution >= 4 is 11.5 Å². The molecule has 1 aromatic carbocycles. The lowest BCUT2D eigenvalue weighted by Gasteiger charge is -2.14. The van der Waals surface area contributed by atoms with Crippen LogP contribution in [0.25, 0.3) is 5.57 Å². The van der Waals surface area contributed by atoms with Crippen molar-refractivity contribution in [2.75, 3.05) is 0 Å². The van der Waals surface area contributed by atoms with E-state index >= 15 is 0 Å². The number of halogens is 3. The zero-order chi connectivity index (χ0) is 17.6. The number of amides is 1. The molecule has 1 amide bonds. The van der Waals surface area contributed by atoms with Crippen LogP contribution in [0.5, 0.6) is 0 Å².